The fourth-order valence-electron chi connectivity index (χ4n) is 3.21. The predicted octanol–water partition coefficient (Wildman–Crippen LogP) is 5.39. The van der Waals surface area contributed by atoms with Crippen molar-refractivity contribution < 1.29 is 9.18 Å². The van der Waals surface area contributed by atoms with Gasteiger partial charge in [0.2, 0.25) is 0 Å². The first-order valence-corrected chi connectivity index (χ1v) is 9.96. The van der Waals surface area contributed by atoms with Gasteiger partial charge in [-0.15, -0.1) is 36.2 Å². The number of rotatable bonds is 4. The van der Waals surface area contributed by atoms with E-state index in [9.17, 15) is 9.18 Å². The normalized spacial score (nSPS) is 10.4. The summed E-state index contributed by atoms with van der Waals surface area (Å²) >= 11 is 1.30. The summed E-state index contributed by atoms with van der Waals surface area (Å²) in [5.74, 6) is -1.15. The zero-order valence-corrected chi connectivity index (χ0v) is 19.0. The summed E-state index contributed by atoms with van der Waals surface area (Å²) in [7, 11) is 0. The smallest absolute Gasteiger partial charge is 0.260 e. The van der Waals surface area contributed by atoms with Gasteiger partial charge in [-0.3, -0.25) is 19.6 Å². The fourth-order valence-corrected chi connectivity index (χ4v) is 3.89. The summed E-state index contributed by atoms with van der Waals surface area (Å²) in [6.45, 7) is 1.83. The Bertz CT molecular complexity index is 1380. The SMILES string of the molecule is Cc1csc(NC(=O)c2ccc(-c3cnc4ccc(-c5cn[nH]c5)cn34)cc2F)n1.Cl.Cl. The molecule has 0 unspecified atom stereocenters. The largest absolute Gasteiger partial charge is 0.299 e. The van der Waals surface area contributed by atoms with Crippen LogP contribution in [0.3, 0.4) is 0 Å². The van der Waals surface area contributed by atoms with Gasteiger partial charge in [0.05, 0.1) is 29.3 Å². The Balaban J connectivity index is 0.00000144. The maximum absolute atomic E-state index is 14.8. The van der Waals surface area contributed by atoms with Crippen LogP contribution in [0.2, 0.25) is 0 Å². The van der Waals surface area contributed by atoms with Crippen LogP contribution in [0.25, 0.3) is 28.0 Å². The van der Waals surface area contributed by atoms with E-state index in [-0.39, 0.29) is 30.4 Å². The molecule has 7 nitrogen and oxygen atoms in total. The van der Waals surface area contributed by atoms with E-state index in [4.69, 9.17) is 0 Å². The van der Waals surface area contributed by atoms with Gasteiger partial charge >= 0.3 is 0 Å². The molecule has 0 aliphatic heterocycles. The molecule has 4 heterocycles. The fraction of sp³-hybridized carbons (Fsp3) is 0.0476. The van der Waals surface area contributed by atoms with Gasteiger partial charge in [0.1, 0.15) is 11.5 Å². The lowest BCUT2D eigenvalue weighted by molar-refractivity contribution is 0.102. The number of aryl methyl sites for hydroxylation is 1. The molecule has 11 heteroatoms. The second-order valence-corrected chi connectivity index (χ2v) is 7.58. The molecule has 5 aromatic rings. The van der Waals surface area contributed by atoms with E-state index in [0.717, 1.165) is 28.2 Å². The number of benzene rings is 1. The van der Waals surface area contributed by atoms with Gasteiger partial charge in [-0.2, -0.15) is 5.10 Å². The quantitative estimate of drug-likeness (QED) is 0.353. The van der Waals surface area contributed by atoms with Gasteiger partial charge in [-0.05, 0) is 31.2 Å². The molecule has 0 radical (unpaired) electrons. The van der Waals surface area contributed by atoms with Crippen molar-refractivity contribution in [1.29, 1.82) is 0 Å². The van der Waals surface area contributed by atoms with Crippen molar-refractivity contribution in [3.8, 4) is 22.4 Å². The third-order valence-corrected chi connectivity index (χ3v) is 5.56. The van der Waals surface area contributed by atoms with Gasteiger partial charge in [0, 0.05) is 34.5 Å². The van der Waals surface area contributed by atoms with Gasteiger partial charge in [0.15, 0.2) is 5.13 Å². The molecule has 5 rings (SSSR count). The Morgan fingerprint density at radius 3 is 2.62 bits per heavy atom. The molecule has 164 valence electrons. The van der Waals surface area contributed by atoms with Crippen LogP contribution in [-0.4, -0.2) is 30.5 Å². The maximum atomic E-state index is 14.8. The van der Waals surface area contributed by atoms with Crippen LogP contribution in [0.1, 0.15) is 16.1 Å². The number of thiazole rings is 1. The standard InChI is InChI=1S/C21H15FN6OS.2ClH/c1-12-11-30-21(26-12)27-20(29)16-4-2-13(6-17(16)22)18-9-23-19-5-3-14(10-28(18)19)15-7-24-25-8-15;;/h2-11H,1H3,(H,24,25)(H,26,27,29);2*1H. The molecule has 1 amide bonds. The molecule has 0 aliphatic rings. The monoisotopic (exact) mass is 490 g/mol. The number of halogens is 3. The van der Waals surface area contributed by atoms with Crippen molar-refractivity contribution in [2.45, 2.75) is 6.92 Å². The highest BCUT2D eigenvalue weighted by Crippen LogP contribution is 2.26. The zero-order valence-electron chi connectivity index (χ0n) is 16.6. The minimum Gasteiger partial charge on any atom is -0.299 e. The Hall–Kier alpha value is -3.27. The number of fused-ring (bicyclic) bond motifs is 1. The molecule has 32 heavy (non-hydrogen) atoms. The predicted molar refractivity (Wildman–Crippen MR) is 127 cm³/mol. The Morgan fingerprint density at radius 1 is 1.12 bits per heavy atom. The Labute approximate surface area is 198 Å². The Morgan fingerprint density at radius 2 is 1.94 bits per heavy atom. The van der Waals surface area contributed by atoms with Crippen molar-refractivity contribution >= 4 is 52.8 Å². The number of carbonyl (C=O) groups excluding carboxylic acids is 1. The van der Waals surface area contributed by atoms with Crippen LogP contribution in [0.5, 0.6) is 0 Å². The number of amides is 1. The molecule has 0 saturated heterocycles. The average Bonchev–Trinajstić information content (AvgIpc) is 3.48. The van der Waals surface area contributed by atoms with Crippen LogP contribution >= 0.6 is 36.2 Å². The van der Waals surface area contributed by atoms with Gasteiger partial charge in [-0.25, -0.2) is 14.4 Å². The highest BCUT2D eigenvalue weighted by atomic mass is 35.5. The molecule has 4 aromatic heterocycles. The van der Waals surface area contributed by atoms with Crippen LogP contribution in [0.4, 0.5) is 9.52 Å². The van der Waals surface area contributed by atoms with Gasteiger partial charge < -0.3 is 0 Å². The molecule has 0 aliphatic carbocycles. The molecule has 0 bridgehead atoms. The first-order chi connectivity index (χ1) is 14.6. The highest BCUT2D eigenvalue weighted by Gasteiger charge is 2.16. The number of aromatic amines is 1. The lowest BCUT2D eigenvalue weighted by Crippen LogP contribution is -2.13. The summed E-state index contributed by atoms with van der Waals surface area (Å²) in [4.78, 5) is 21.0. The summed E-state index contributed by atoms with van der Waals surface area (Å²) in [6.07, 6.45) is 7.14. The first-order valence-electron chi connectivity index (χ1n) is 9.08. The third-order valence-electron chi connectivity index (χ3n) is 4.69. The average molecular weight is 491 g/mol. The number of hydrogen-bond donors (Lipinski definition) is 2. The molecule has 0 atom stereocenters. The van der Waals surface area contributed by atoms with Crippen molar-refractivity contribution in [2.24, 2.45) is 0 Å². The van der Waals surface area contributed by atoms with E-state index >= 15 is 0 Å². The lowest BCUT2D eigenvalue weighted by atomic mass is 10.1. The van der Waals surface area contributed by atoms with E-state index in [1.54, 1.807) is 24.7 Å². The first kappa shape index (κ1) is 23.4. The third kappa shape index (κ3) is 4.36. The minimum absolute atomic E-state index is 0. The number of hydrogen-bond acceptors (Lipinski definition) is 5. The number of pyridine rings is 1. The van der Waals surface area contributed by atoms with Crippen molar-refractivity contribution in [3.05, 3.63) is 77.6 Å². The van der Waals surface area contributed by atoms with Crippen molar-refractivity contribution in [3.63, 3.8) is 0 Å². The van der Waals surface area contributed by atoms with Crippen LogP contribution < -0.4 is 5.32 Å². The zero-order chi connectivity index (χ0) is 20.7. The number of H-pyrrole nitrogens is 1. The molecule has 1 aromatic carbocycles. The minimum atomic E-state index is -0.612. The summed E-state index contributed by atoms with van der Waals surface area (Å²) in [5.41, 5.74) is 4.72. The number of nitrogens with one attached hydrogen (secondary N) is 2. The van der Waals surface area contributed by atoms with E-state index in [1.165, 1.54) is 23.5 Å². The molecule has 0 fully saturated rings. The van der Waals surface area contributed by atoms with Gasteiger partial charge in [0.25, 0.3) is 5.91 Å². The number of aromatic nitrogens is 5. The highest BCUT2D eigenvalue weighted by molar-refractivity contribution is 7.13. The van der Waals surface area contributed by atoms with Crippen LogP contribution in [0, 0.1) is 12.7 Å². The number of carbonyl (C=O) groups is 1. The molecule has 0 spiro atoms. The lowest BCUT2D eigenvalue weighted by Gasteiger charge is -2.07. The maximum Gasteiger partial charge on any atom is 0.260 e. The van der Waals surface area contributed by atoms with E-state index < -0.39 is 11.7 Å². The number of nitrogens with zero attached hydrogens (tertiary/aromatic N) is 4. The topological polar surface area (TPSA) is 88.0 Å². The molecule has 2 N–H and O–H groups in total. The van der Waals surface area contributed by atoms with E-state index in [0.29, 0.717) is 10.7 Å². The van der Waals surface area contributed by atoms with Crippen LogP contribution in [0.15, 0.2) is 60.5 Å². The van der Waals surface area contributed by atoms with Crippen molar-refractivity contribution in [1.82, 2.24) is 24.6 Å². The van der Waals surface area contributed by atoms with Gasteiger partial charge in [-0.1, -0.05) is 6.07 Å². The molecular weight excluding hydrogens is 474 g/mol. The summed E-state index contributed by atoms with van der Waals surface area (Å²) in [5, 5.41) is 11.7. The summed E-state index contributed by atoms with van der Waals surface area (Å²) < 4.78 is 16.7. The van der Waals surface area contributed by atoms with E-state index in [1.807, 2.05) is 35.0 Å². The second kappa shape index (κ2) is 9.47. The summed E-state index contributed by atoms with van der Waals surface area (Å²) in [6, 6.07) is 8.36. The van der Waals surface area contributed by atoms with Crippen molar-refractivity contribution in [2.75, 3.05) is 5.32 Å². The molecular formula is C21H17Cl2FN6OS. The number of imidazole rings is 1. The van der Waals surface area contributed by atoms with E-state index in [2.05, 4.69) is 25.5 Å². The molecule has 0 saturated carbocycles. The van der Waals surface area contributed by atoms with Crippen LogP contribution in [-0.2, 0) is 0 Å². The second-order valence-electron chi connectivity index (χ2n) is 6.72. The number of anilines is 1. The Kier molecular flexibility index (Phi) is 6.93.